The largest absolute Gasteiger partial charge is 0.497 e. The monoisotopic (exact) mass is 471 g/mol. The van der Waals surface area contributed by atoms with E-state index >= 15 is 0 Å². The molecule has 4 aromatic carbocycles. The summed E-state index contributed by atoms with van der Waals surface area (Å²) < 4.78 is 10.5. The first kappa shape index (κ1) is 21.4. The molecule has 178 valence electrons. The standard InChI is InChI=1S/C33H31N2O/c1-19-23-9-7-8-10-24(23)30-25-12-11-22(36-6)17-26(25)35-27-16-20(18-33(2,3)4)15-21-13-14-34(5)31(29(21)27)28(19)32(30)35/h7-17H,18H2,1-6H3/q+1. The van der Waals surface area contributed by atoms with Gasteiger partial charge in [-0.1, -0.05) is 51.1 Å². The van der Waals surface area contributed by atoms with Gasteiger partial charge in [-0.25, -0.2) is 4.57 Å². The molecule has 0 atom stereocenters. The molecule has 36 heavy (non-hydrogen) atoms. The van der Waals surface area contributed by atoms with Gasteiger partial charge >= 0.3 is 0 Å². The quantitative estimate of drug-likeness (QED) is 0.142. The van der Waals surface area contributed by atoms with Gasteiger partial charge in [0.1, 0.15) is 12.8 Å². The maximum atomic E-state index is 5.71. The Kier molecular flexibility index (Phi) is 4.23. The summed E-state index contributed by atoms with van der Waals surface area (Å²) in [5.74, 6) is 0.885. The molecule has 0 spiro atoms. The Morgan fingerprint density at radius 2 is 1.61 bits per heavy atom. The van der Waals surface area contributed by atoms with Gasteiger partial charge in [-0.05, 0) is 64.2 Å². The molecule has 0 saturated heterocycles. The summed E-state index contributed by atoms with van der Waals surface area (Å²) in [6.45, 7) is 9.24. The topological polar surface area (TPSA) is 17.5 Å². The number of aromatic nitrogens is 2. The molecule has 0 bridgehead atoms. The highest BCUT2D eigenvalue weighted by atomic mass is 16.5. The fourth-order valence-corrected chi connectivity index (χ4v) is 6.52. The number of hydrogen-bond acceptors (Lipinski definition) is 1. The van der Waals surface area contributed by atoms with Crippen LogP contribution < -0.4 is 9.30 Å². The minimum absolute atomic E-state index is 0.208. The molecule has 3 heterocycles. The maximum absolute atomic E-state index is 5.71. The van der Waals surface area contributed by atoms with Crippen LogP contribution >= 0.6 is 0 Å². The SMILES string of the molecule is COc1ccc2c3c4ccccc4c(C)c4c3n(c2c1)c1cc(CC(C)(C)C)cc2cc[n+](C)c4c21. The molecule has 0 unspecified atom stereocenters. The summed E-state index contributed by atoms with van der Waals surface area (Å²) >= 11 is 0. The minimum Gasteiger partial charge on any atom is -0.497 e. The van der Waals surface area contributed by atoms with Crippen LogP contribution in [0, 0.1) is 12.3 Å². The fourth-order valence-electron chi connectivity index (χ4n) is 6.52. The zero-order valence-corrected chi connectivity index (χ0v) is 21.9. The summed E-state index contributed by atoms with van der Waals surface area (Å²) in [4.78, 5) is 0. The smallest absolute Gasteiger partial charge is 0.224 e. The van der Waals surface area contributed by atoms with E-state index in [9.17, 15) is 0 Å². The Morgan fingerprint density at radius 1 is 0.833 bits per heavy atom. The predicted octanol–water partition coefficient (Wildman–Crippen LogP) is 7.87. The number of benzene rings is 4. The van der Waals surface area contributed by atoms with Crippen LogP contribution in [-0.2, 0) is 13.5 Å². The second-order valence-corrected chi connectivity index (χ2v) is 11.6. The Bertz CT molecular complexity index is 2000. The van der Waals surface area contributed by atoms with Gasteiger partial charge in [0.15, 0.2) is 6.20 Å². The number of nitrogens with zero attached hydrogens (tertiary/aromatic N) is 2. The van der Waals surface area contributed by atoms with Crippen LogP contribution in [0.1, 0.15) is 31.9 Å². The molecule has 3 aromatic heterocycles. The highest BCUT2D eigenvalue weighted by Crippen LogP contribution is 2.45. The van der Waals surface area contributed by atoms with Gasteiger partial charge in [0.2, 0.25) is 5.52 Å². The van der Waals surface area contributed by atoms with Crippen LogP contribution in [0.25, 0.3) is 59.8 Å². The molecule has 0 fully saturated rings. The van der Waals surface area contributed by atoms with Gasteiger partial charge in [-0.15, -0.1) is 0 Å². The molecule has 0 radical (unpaired) electrons. The Balaban J connectivity index is 1.87. The van der Waals surface area contributed by atoms with E-state index in [1.807, 2.05) is 0 Å². The third-order valence-electron chi connectivity index (χ3n) is 7.87. The van der Waals surface area contributed by atoms with E-state index in [4.69, 9.17) is 4.74 Å². The van der Waals surface area contributed by atoms with Crippen molar-refractivity contribution in [2.24, 2.45) is 12.5 Å². The van der Waals surface area contributed by atoms with Crippen molar-refractivity contribution < 1.29 is 9.30 Å². The normalized spacial score (nSPS) is 12.8. The number of methoxy groups -OCH3 is 1. The van der Waals surface area contributed by atoms with Crippen LogP contribution in [0.4, 0.5) is 0 Å². The summed E-state index contributed by atoms with van der Waals surface area (Å²) in [7, 11) is 3.94. The Labute approximate surface area is 210 Å². The predicted molar refractivity (Wildman–Crippen MR) is 152 cm³/mol. The van der Waals surface area contributed by atoms with Gasteiger partial charge in [0, 0.05) is 22.9 Å². The van der Waals surface area contributed by atoms with Gasteiger partial charge in [-0.2, -0.15) is 0 Å². The van der Waals surface area contributed by atoms with Gasteiger partial charge < -0.3 is 9.14 Å². The summed E-state index contributed by atoms with van der Waals surface area (Å²) in [6.07, 6.45) is 3.26. The van der Waals surface area contributed by atoms with Gasteiger partial charge in [0.25, 0.3) is 0 Å². The van der Waals surface area contributed by atoms with Crippen molar-refractivity contribution in [3.05, 3.63) is 78.0 Å². The molecule has 3 nitrogen and oxygen atoms in total. The van der Waals surface area contributed by atoms with Crippen molar-refractivity contribution in [2.45, 2.75) is 34.1 Å². The molecular formula is C33H31N2O+. The molecular weight excluding hydrogens is 440 g/mol. The van der Waals surface area contributed by atoms with Gasteiger partial charge in [-0.3, -0.25) is 0 Å². The number of hydrogen-bond donors (Lipinski definition) is 0. The number of aryl methyl sites for hydroxylation is 2. The zero-order chi connectivity index (χ0) is 24.9. The molecule has 0 aliphatic rings. The Morgan fingerprint density at radius 3 is 2.36 bits per heavy atom. The van der Waals surface area contributed by atoms with E-state index in [0.29, 0.717) is 0 Å². The minimum atomic E-state index is 0.208. The average Bonchev–Trinajstić information content (AvgIpc) is 3.18. The van der Waals surface area contributed by atoms with Crippen LogP contribution in [-0.4, -0.2) is 11.5 Å². The number of fused-ring (bicyclic) bond motifs is 7. The fraction of sp³-hybridized carbons (Fsp3) is 0.242. The van der Waals surface area contributed by atoms with E-state index in [2.05, 4.69) is 111 Å². The molecule has 0 saturated carbocycles. The third-order valence-corrected chi connectivity index (χ3v) is 7.87. The molecule has 0 N–H and O–H groups in total. The van der Waals surface area contributed by atoms with E-state index in [1.54, 1.807) is 7.11 Å². The zero-order valence-electron chi connectivity index (χ0n) is 21.9. The summed E-state index contributed by atoms with van der Waals surface area (Å²) in [6, 6.07) is 22.5. The van der Waals surface area contributed by atoms with Crippen molar-refractivity contribution >= 4 is 59.8 Å². The highest BCUT2D eigenvalue weighted by Gasteiger charge is 2.27. The van der Waals surface area contributed by atoms with Crippen molar-refractivity contribution in [3.8, 4) is 5.75 Å². The molecule has 7 aromatic rings. The maximum Gasteiger partial charge on any atom is 0.224 e. The van der Waals surface area contributed by atoms with Crippen molar-refractivity contribution in [2.75, 3.05) is 7.11 Å². The number of pyridine rings is 2. The first-order valence-electron chi connectivity index (χ1n) is 12.8. The van der Waals surface area contributed by atoms with Crippen molar-refractivity contribution in [1.82, 2.24) is 4.40 Å². The van der Waals surface area contributed by atoms with Crippen molar-refractivity contribution in [3.63, 3.8) is 0 Å². The molecule has 0 aliphatic carbocycles. The third kappa shape index (κ3) is 2.77. The van der Waals surface area contributed by atoms with Crippen molar-refractivity contribution in [1.29, 1.82) is 0 Å². The Hall–Kier alpha value is -3.85. The first-order valence-corrected chi connectivity index (χ1v) is 12.8. The van der Waals surface area contributed by atoms with E-state index in [-0.39, 0.29) is 5.41 Å². The van der Waals surface area contributed by atoms with Crippen LogP contribution in [0.2, 0.25) is 0 Å². The number of ether oxygens (including phenoxy) is 1. The summed E-state index contributed by atoms with van der Waals surface area (Å²) in [5, 5.41) is 9.19. The molecule has 0 amide bonds. The molecule has 0 aliphatic heterocycles. The lowest BCUT2D eigenvalue weighted by molar-refractivity contribution is -0.643. The van der Waals surface area contributed by atoms with Crippen LogP contribution in [0.15, 0.2) is 66.9 Å². The lowest BCUT2D eigenvalue weighted by Gasteiger charge is -2.20. The molecule has 7 rings (SSSR count). The lowest BCUT2D eigenvalue weighted by atomic mass is 9.87. The second-order valence-electron chi connectivity index (χ2n) is 11.6. The molecule has 3 heteroatoms. The lowest BCUT2D eigenvalue weighted by Crippen LogP contribution is -2.29. The number of rotatable bonds is 2. The summed E-state index contributed by atoms with van der Waals surface area (Å²) in [5.41, 5.74) is 8.00. The van der Waals surface area contributed by atoms with E-state index in [1.165, 1.54) is 70.9 Å². The highest BCUT2D eigenvalue weighted by molar-refractivity contribution is 6.33. The van der Waals surface area contributed by atoms with Gasteiger partial charge in [0.05, 0.1) is 34.4 Å². The average molecular weight is 472 g/mol. The van der Waals surface area contributed by atoms with E-state index in [0.717, 1.165) is 12.2 Å². The first-order chi connectivity index (χ1) is 17.3. The second kappa shape index (κ2) is 7.10. The van der Waals surface area contributed by atoms with Crippen LogP contribution in [0.5, 0.6) is 5.75 Å². The van der Waals surface area contributed by atoms with Crippen LogP contribution in [0.3, 0.4) is 0 Å². The van der Waals surface area contributed by atoms with E-state index < -0.39 is 0 Å².